The highest BCUT2D eigenvalue weighted by Gasteiger charge is 2.36. The molecule has 2 aliphatic heterocycles. The fraction of sp³-hybridized carbons (Fsp3) is 0.611. The zero-order valence-electron chi connectivity index (χ0n) is 15.4. The summed E-state index contributed by atoms with van der Waals surface area (Å²) in [5.74, 6) is 1.27. The number of carbonyl (C=O) groups excluding carboxylic acids is 1. The molecule has 2 fully saturated rings. The number of piperazine rings is 1. The van der Waals surface area contributed by atoms with Gasteiger partial charge in [0, 0.05) is 5.56 Å². The summed E-state index contributed by atoms with van der Waals surface area (Å²) in [6, 6.07) is 5.94. The molecule has 2 aliphatic rings. The van der Waals surface area contributed by atoms with Gasteiger partial charge in [-0.1, -0.05) is 0 Å². The van der Waals surface area contributed by atoms with Crippen molar-refractivity contribution in [1.82, 2.24) is 4.90 Å². The summed E-state index contributed by atoms with van der Waals surface area (Å²) in [6.45, 7) is 3.94. The maximum atomic E-state index is 12.5. The van der Waals surface area contributed by atoms with E-state index in [1.54, 1.807) is 14.2 Å². The molecule has 1 atom stereocenters. The smallest absolute Gasteiger partial charge is 0.227 e. The Morgan fingerprint density at radius 2 is 1.88 bits per heavy atom. The number of sulfone groups is 1. The molecule has 1 N–H and O–H groups in total. The van der Waals surface area contributed by atoms with Crippen LogP contribution in [0.5, 0.6) is 11.5 Å². The molecule has 26 heavy (non-hydrogen) atoms. The van der Waals surface area contributed by atoms with Crippen LogP contribution in [0.25, 0.3) is 0 Å². The summed E-state index contributed by atoms with van der Waals surface area (Å²) in [5.41, 5.74) is 1.17. The van der Waals surface area contributed by atoms with Gasteiger partial charge in [-0.25, -0.2) is 8.42 Å². The Balaban J connectivity index is 1.53. The molecule has 8 heteroatoms. The van der Waals surface area contributed by atoms with Crippen LogP contribution in [0.4, 0.5) is 0 Å². The standard InChI is InChI=1S/C18H26N2O5S/c1-24-16-4-3-14(11-17(16)25-2)12-19-6-8-20(9-7-19)18(21)15-5-10-26(22,23)13-15/h3-4,11,15H,5-10,12-13H2,1-2H3/p+1/t15-/m0/s1. The van der Waals surface area contributed by atoms with Gasteiger partial charge in [0.05, 0.1) is 57.8 Å². The van der Waals surface area contributed by atoms with E-state index in [1.807, 2.05) is 23.1 Å². The second-order valence-corrected chi connectivity index (χ2v) is 9.27. The van der Waals surface area contributed by atoms with E-state index >= 15 is 0 Å². The van der Waals surface area contributed by atoms with Crippen LogP contribution in [0.3, 0.4) is 0 Å². The van der Waals surface area contributed by atoms with E-state index < -0.39 is 9.84 Å². The van der Waals surface area contributed by atoms with Gasteiger partial charge in [0.25, 0.3) is 0 Å². The minimum absolute atomic E-state index is 0.0104. The molecule has 2 heterocycles. The molecule has 1 amide bonds. The normalized spacial score (nSPS) is 23.0. The number of hydrogen-bond donors (Lipinski definition) is 1. The summed E-state index contributed by atoms with van der Waals surface area (Å²) in [6.07, 6.45) is 0.472. The molecule has 2 saturated heterocycles. The van der Waals surface area contributed by atoms with Gasteiger partial charge in [0.1, 0.15) is 6.54 Å². The monoisotopic (exact) mass is 383 g/mol. The van der Waals surface area contributed by atoms with Crippen molar-refractivity contribution >= 4 is 15.7 Å². The number of ether oxygens (including phenoxy) is 2. The molecule has 0 unspecified atom stereocenters. The van der Waals surface area contributed by atoms with E-state index in [9.17, 15) is 13.2 Å². The lowest BCUT2D eigenvalue weighted by Crippen LogP contribution is -3.13. The van der Waals surface area contributed by atoms with Crippen molar-refractivity contribution in [1.29, 1.82) is 0 Å². The Kier molecular flexibility index (Phi) is 5.72. The molecule has 0 aliphatic carbocycles. The highest BCUT2D eigenvalue weighted by Crippen LogP contribution is 2.27. The largest absolute Gasteiger partial charge is 0.493 e. The lowest BCUT2D eigenvalue weighted by Gasteiger charge is -2.33. The molecule has 0 bridgehead atoms. The van der Waals surface area contributed by atoms with Crippen molar-refractivity contribution in [3.05, 3.63) is 23.8 Å². The second kappa shape index (κ2) is 7.84. The van der Waals surface area contributed by atoms with Crippen LogP contribution >= 0.6 is 0 Å². The van der Waals surface area contributed by atoms with E-state index in [0.29, 0.717) is 25.3 Å². The van der Waals surface area contributed by atoms with Gasteiger partial charge in [0.2, 0.25) is 5.91 Å². The second-order valence-electron chi connectivity index (χ2n) is 7.04. The van der Waals surface area contributed by atoms with Gasteiger partial charge in [0.15, 0.2) is 21.3 Å². The summed E-state index contributed by atoms with van der Waals surface area (Å²) in [4.78, 5) is 15.8. The molecular weight excluding hydrogens is 356 g/mol. The fourth-order valence-electron chi connectivity index (χ4n) is 3.75. The van der Waals surface area contributed by atoms with Gasteiger partial charge < -0.3 is 19.3 Å². The average Bonchev–Trinajstić information content (AvgIpc) is 3.01. The third kappa shape index (κ3) is 4.29. The molecule has 1 aromatic rings. The molecule has 0 aromatic heterocycles. The number of hydrogen-bond acceptors (Lipinski definition) is 5. The van der Waals surface area contributed by atoms with Crippen LogP contribution in [0.1, 0.15) is 12.0 Å². The quantitative estimate of drug-likeness (QED) is 0.732. The van der Waals surface area contributed by atoms with Crippen LogP contribution in [-0.4, -0.2) is 71.1 Å². The zero-order valence-corrected chi connectivity index (χ0v) is 16.2. The number of amides is 1. The van der Waals surface area contributed by atoms with Crippen LogP contribution < -0.4 is 14.4 Å². The van der Waals surface area contributed by atoms with E-state index in [0.717, 1.165) is 25.4 Å². The number of rotatable bonds is 5. The molecule has 7 nitrogen and oxygen atoms in total. The molecule has 144 valence electrons. The number of carbonyl (C=O) groups is 1. The first-order valence-corrected chi connectivity index (χ1v) is 10.8. The summed E-state index contributed by atoms with van der Waals surface area (Å²) < 4.78 is 33.8. The van der Waals surface area contributed by atoms with Crippen LogP contribution in [0, 0.1) is 5.92 Å². The third-order valence-electron chi connectivity index (χ3n) is 5.27. The van der Waals surface area contributed by atoms with Gasteiger partial charge in [-0.15, -0.1) is 0 Å². The number of nitrogens with one attached hydrogen (secondary N) is 1. The molecule has 0 radical (unpaired) electrons. The lowest BCUT2D eigenvalue weighted by atomic mass is 10.1. The van der Waals surface area contributed by atoms with Gasteiger partial charge in [-0.05, 0) is 24.6 Å². The van der Waals surface area contributed by atoms with E-state index in [1.165, 1.54) is 10.5 Å². The van der Waals surface area contributed by atoms with Crippen molar-refractivity contribution in [3.8, 4) is 11.5 Å². The number of quaternary nitrogens is 1. The minimum Gasteiger partial charge on any atom is -0.493 e. The summed E-state index contributed by atoms with van der Waals surface area (Å²) >= 11 is 0. The van der Waals surface area contributed by atoms with Gasteiger partial charge >= 0.3 is 0 Å². The Hall–Kier alpha value is -1.80. The van der Waals surface area contributed by atoms with Crippen LogP contribution in [0.15, 0.2) is 18.2 Å². The zero-order chi connectivity index (χ0) is 18.7. The highest BCUT2D eigenvalue weighted by atomic mass is 32.2. The Morgan fingerprint density at radius 3 is 2.46 bits per heavy atom. The summed E-state index contributed by atoms with van der Waals surface area (Å²) in [5, 5.41) is 0. The first-order chi connectivity index (χ1) is 12.4. The maximum Gasteiger partial charge on any atom is 0.227 e. The van der Waals surface area contributed by atoms with Crippen molar-refractivity contribution in [2.45, 2.75) is 13.0 Å². The van der Waals surface area contributed by atoms with Gasteiger partial charge in [-0.3, -0.25) is 4.79 Å². The number of methoxy groups -OCH3 is 2. The number of benzene rings is 1. The fourth-order valence-corrected chi connectivity index (χ4v) is 5.48. The Labute approximate surface area is 154 Å². The molecule has 1 aromatic carbocycles. The van der Waals surface area contributed by atoms with Crippen LogP contribution in [0.2, 0.25) is 0 Å². The van der Waals surface area contributed by atoms with E-state index in [4.69, 9.17) is 9.47 Å². The molecular formula is C18H27N2O5S+. The van der Waals surface area contributed by atoms with Crippen molar-refractivity contribution in [2.75, 3.05) is 51.9 Å². The highest BCUT2D eigenvalue weighted by molar-refractivity contribution is 7.91. The van der Waals surface area contributed by atoms with Crippen molar-refractivity contribution in [3.63, 3.8) is 0 Å². The summed E-state index contributed by atoms with van der Waals surface area (Å²) in [7, 11) is 0.229. The van der Waals surface area contributed by atoms with Gasteiger partial charge in [-0.2, -0.15) is 0 Å². The Morgan fingerprint density at radius 1 is 1.19 bits per heavy atom. The number of nitrogens with zero attached hydrogens (tertiary/aromatic N) is 1. The van der Waals surface area contributed by atoms with Crippen molar-refractivity contribution < 1.29 is 27.6 Å². The predicted molar refractivity (Wildman–Crippen MR) is 97.3 cm³/mol. The molecule has 0 saturated carbocycles. The first-order valence-electron chi connectivity index (χ1n) is 8.95. The Bertz CT molecular complexity index is 757. The molecule has 3 rings (SSSR count). The van der Waals surface area contributed by atoms with Crippen LogP contribution in [-0.2, 0) is 21.2 Å². The van der Waals surface area contributed by atoms with E-state index in [2.05, 4.69) is 0 Å². The predicted octanol–water partition coefficient (Wildman–Crippen LogP) is -0.634. The van der Waals surface area contributed by atoms with E-state index in [-0.39, 0.29) is 23.3 Å². The SMILES string of the molecule is COc1ccc(C[NH+]2CCN(C(=O)[C@H]3CCS(=O)(=O)C3)CC2)cc1OC. The first kappa shape index (κ1) is 19.0. The van der Waals surface area contributed by atoms with Crippen molar-refractivity contribution in [2.24, 2.45) is 5.92 Å². The lowest BCUT2D eigenvalue weighted by molar-refractivity contribution is -0.917. The average molecular weight is 383 g/mol. The molecule has 0 spiro atoms. The topological polar surface area (TPSA) is 77.4 Å². The maximum absolute atomic E-state index is 12.5. The minimum atomic E-state index is -3.02. The third-order valence-corrected chi connectivity index (χ3v) is 7.03.